The Kier molecular flexibility index (Phi) is 4.67. The van der Waals surface area contributed by atoms with Gasteiger partial charge < -0.3 is 15.7 Å². The average molecular weight is 284 g/mol. The molecule has 2 unspecified atom stereocenters. The molecule has 0 heterocycles. The van der Waals surface area contributed by atoms with Crippen molar-refractivity contribution in [2.75, 3.05) is 6.54 Å². The zero-order valence-corrected chi connectivity index (χ0v) is 11.2. The first-order chi connectivity index (χ1) is 9.49. The number of hydrogen-bond donors (Lipinski definition) is 3. The fourth-order valence-corrected chi connectivity index (χ4v) is 1.87. The number of benzene rings is 1. The molecule has 2 atom stereocenters. The molecular formula is C14H18F2N2O2. The maximum absolute atomic E-state index is 13.5. The summed E-state index contributed by atoms with van der Waals surface area (Å²) in [5, 5.41) is 15.4. The van der Waals surface area contributed by atoms with Crippen molar-refractivity contribution in [3.05, 3.63) is 35.4 Å². The first-order valence-electron chi connectivity index (χ1n) is 6.64. The van der Waals surface area contributed by atoms with Crippen molar-refractivity contribution in [3.8, 4) is 0 Å². The van der Waals surface area contributed by atoms with E-state index in [1.165, 1.54) is 6.07 Å². The molecule has 1 aromatic carbocycles. The number of carbonyl (C=O) groups is 1. The molecule has 2 rings (SSSR count). The van der Waals surface area contributed by atoms with Crippen molar-refractivity contribution in [3.63, 3.8) is 0 Å². The number of hydrogen-bond acceptors (Lipinski definition) is 3. The number of aliphatic hydroxyl groups is 1. The highest BCUT2D eigenvalue weighted by molar-refractivity contribution is 5.81. The van der Waals surface area contributed by atoms with E-state index < -0.39 is 23.8 Å². The van der Waals surface area contributed by atoms with Crippen LogP contribution in [-0.2, 0) is 4.79 Å². The molecule has 1 saturated carbocycles. The summed E-state index contributed by atoms with van der Waals surface area (Å²) in [5.74, 6) is -1.77. The van der Waals surface area contributed by atoms with Gasteiger partial charge in [-0.1, -0.05) is 6.07 Å². The highest BCUT2D eigenvalue weighted by atomic mass is 19.1. The zero-order valence-electron chi connectivity index (χ0n) is 11.2. The average Bonchev–Trinajstić information content (AvgIpc) is 3.19. The molecule has 1 amide bonds. The van der Waals surface area contributed by atoms with Crippen LogP contribution in [0.15, 0.2) is 18.2 Å². The van der Waals surface area contributed by atoms with Gasteiger partial charge in [0.1, 0.15) is 11.6 Å². The summed E-state index contributed by atoms with van der Waals surface area (Å²) in [6.45, 7) is 1.54. The van der Waals surface area contributed by atoms with Crippen LogP contribution in [0.1, 0.15) is 31.4 Å². The molecule has 1 fully saturated rings. The van der Waals surface area contributed by atoms with Crippen molar-refractivity contribution >= 4 is 5.91 Å². The van der Waals surface area contributed by atoms with Gasteiger partial charge in [-0.15, -0.1) is 0 Å². The third-order valence-electron chi connectivity index (χ3n) is 3.27. The highest BCUT2D eigenvalue weighted by Gasteiger charge is 2.26. The molecule has 20 heavy (non-hydrogen) atoms. The monoisotopic (exact) mass is 284 g/mol. The van der Waals surface area contributed by atoms with E-state index in [9.17, 15) is 18.7 Å². The molecule has 0 bridgehead atoms. The van der Waals surface area contributed by atoms with Crippen LogP contribution in [0.2, 0.25) is 0 Å². The highest BCUT2D eigenvalue weighted by Crippen LogP contribution is 2.20. The number of aliphatic hydroxyl groups excluding tert-OH is 1. The Balaban J connectivity index is 1.87. The van der Waals surface area contributed by atoms with Crippen molar-refractivity contribution in [1.82, 2.24) is 10.6 Å². The maximum Gasteiger partial charge on any atom is 0.237 e. The van der Waals surface area contributed by atoms with Gasteiger partial charge >= 0.3 is 0 Å². The fourth-order valence-electron chi connectivity index (χ4n) is 1.87. The molecule has 0 radical (unpaired) electrons. The Hall–Kier alpha value is -1.53. The van der Waals surface area contributed by atoms with Gasteiger partial charge in [0.25, 0.3) is 0 Å². The van der Waals surface area contributed by atoms with E-state index in [4.69, 9.17) is 0 Å². The number of nitrogens with one attached hydrogen (secondary N) is 2. The lowest BCUT2D eigenvalue weighted by Gasteiger charge is -2.18. The van der Waals surface area contributed by atoms with Gasteiger partial charge in [-0.2, -0.15) is 0 Å². The molecule has 4 nitrogen and oxygen atoms in total. The number of amides is 1. The third kappa shape index (κ3) is 3.74. The standard InChI is InChI=1S/C14H18F2N2O2/c1-8(14(20)18-9-5-6-9)17-7-12(19)13-10(15)3-2-4-11(13)16/h2-4,8-9,12,17,19H,5-7H2,1H3,(H,18,20). The second-order valence-corrected chi connectivity index (χ2v) is 5.06. The van der Waals surface area contributed by atoms with Crippen LogP contribution in [-0.4, -0.2) is 29.6 Å². The molecule has 0 spiro atoms. The predicted octanol–water partition coefficient (Wildman–Crippen LogP) is 1.25. The van der Waals surface area contributed by atoms with Crippen LogP contribution in [0.25, 0.3) is 0 Å². The molecule has 0 aliphatic heterocycles. The molecule has 1 aliphatic rings. The van der Waals surface area contributed by atoms with E-state index in [0.29, 0.717) is 0 Å². The summed E-state index contributed by atoms with van der Waals surface area (Å²) in [7, 11) is 0. The lowest BCUT2D eigenvalue weighted by atomic mass is 10.1. The molecule has 0 aromatic heterocycles. The van der Waals surface area contributed by atoms with E-state index in [2.05, 4.69) is 10.6 Å². The number of rotatable bonds is 6. The summed E-state index contributed by atoms with van der Waals surface area (Å²) in [6, 6.07) is 3.14. The molecule has 3 N–H and O–H groups in total. The van der Waals surface area contributed by atoms with Gasteiger partial charge in [-0.25, -0.2) is 8.78 Å². The van der Waals surface area contributed by atoms with Crippen LogP contribution < -0.4 is 10.6 Å². The van der Waals surface area contributed by atoms with Crippen molar-refractivity contribution in [1.29, 1.82) is 0 Å². The van der Waals surface area contributed by atoms with Gasteiger partial charge in [-0.05, 0) is 31.9 Å². The van der Waals surface area contributed by atoms with Crippen LogP contribution in [0.4, 0.5) is 8.78 Å². The topological polar surface area (TPSA) is 61.4 Å². The SMILES string of the molecule is CC(NCC(O)c1c(F)cccc1F)C(=O)NC1CC1. The van der Waals surface area contributed by atoms with Crippen LogP contribution in [0, 0.1) is 11.6 Å². The Morgan fingerprint density at radius 3 is 2.55 bits per heavy atom. The van der Waals surface area contributed by atoms with Gasteiger partial charge in [0.15, 0.2) is 0 Å². The summed E-state index contributed by atoms with van der Waals surface area (Å²) >= 11 is 0. The van der Waals surface area contributed by atoms with Crippen LogP contribution in [0.5, 0.6) is 0 Å². The first-order valence-corrected chi connectivity index (χ1v) is 6.64. The Morgan fingerprint density at radius 1 is 1.40 bits per heavy atom. The van der Waals surface area contributed by atoms with E-state index in [0.717, 1.165) is 25.0 Å². The zero-order chi connectivity index (χ0) is 14.7. The first kappa shape index (κ1) is 14.9. The van der Waals surface area contributed by atoms with E-state index in [-0.39, 0.29) is 24.1 Å². The summed E-state index contributed by atoms with van der Waals surface area (Å²) < 4.78 is 26.9. The third-order valence-corrected chi connectivity index (χ3v) is 3.27. The lowest BCUT2D eigenvalue weighted by Crippen LogP contribution is -2.44. The van der Waals surface area contributed by atoms with Gasteiger partial charge in [-0.3, -0.25) is 4.79 Å². The van der Waals surface area contributed by atoms with Crippen molar-refractivity contribution in [2.24, 2.45) is 0 Å². The minimum absolute atomic E-state index is 0.100. The van der Waals surface area contributed by atoms with Gasteiger partial charge in [0.05, 0.1) is 17.7 Å². The Labute approximate surface area is 116 Å². The smallest absolute Gasteiger partial charge is 0.237 e. The second kappa shape index (κ2) is 6.28. The summed E-state index contributed by atoms with van der Waals surface area (Å²) in [4.78, 5) is 11.7. The Bertz CT molecular complexity index is 472. The fraction of sp³-hybridized carbons (Fsp3) is 0.500. The van der Waals surface area contributed by atoms with E-state index in [1.807, 2.05) is 0 Å². The van der Waals surface area contributed by atoms with Gasteiger partial charge in [0, 0.05) is 12.6 Å². The van der Waals surface area contributed by atoms with E-state index in [1.54, 1.807) is 6.92 Å². The molecule has 1 aromatic rings. The minimum Gasteiger partial charge on any atom is -0.387 e. The minimum atomic E-state index is -1.34. The van der Waals surface area contributed by atoms with Crippen molar-refractivity contribution in [2.45, 2.75) is 38.0 Å². The molecule has 1 aliphatic carbocycles. The maximum atomic E-state index is 13.5. The molecule has 110 valence electrons. The predicted molar refractivity (Wildman–Crippen MR) is 69.9 cm³/mol. The van der Waals surface area contributed by atoms with Crippen LogP contribution >= 0.6 is 0 Å². The lowest BCUT2D eigenvalue weighted by molar-refractivity contribution is -0.123. The van der Waals surface area contributed by atoms with Crippen molar-refractivity contribution < 1.29 is 18.7 Å². The summed E-state index contributed by atoms with van der Waals surface area (Å²) in [6.07, 6.45) is 0.635. The van der Waals surface area contributed by atoms with Gasteiger partial charge in [0.2, 0.25) is 5.91 Å². The van der Waals surface area contributed by atoms with E-state index >= 15 is 0 Å². The second-order valence-electron chi connectivity index (χ2n) is 5.06. The molecule has 6 heteroatoms. The number of halogens is 2. The van der Waals surface area contributed by atoms with Crippen LogP contribution in [0.3, 0.4) is 0 Å². The normalized spacial score (nSPS) is 17.6. The Morgan fingerprint density at radius 2 is 2.00 bits per heavy atom. The largest absolute Gasteiger partial charge is 0.387 e. The summed E-state index contributed by atoms with van der Waals surface area (Å²) in [5.41, 5.74) is -0.380. The quantitative estimate of drug-likeness (QED) is 0.737. The molecular weight excluding hydrogens is 266 g/mol. The number of carbonyl (C=O) groups excluding carboxylic acids is 1. The molecule has 0 saturated heterocycles.